The Morgan fingerprint density at radius 3 is 2.48 bits per heavy atom. The third kappa shape index (κ3) is 4.27. The largest absolute Gasteiger partial charge is 0.467 e. The van der Waals surface area contributed by atoms with Gasteiger partial charge in [0.15, 0.2) is 0 Å². The Hall–Kier alpha value is -3.31. The molecule has 0 fully saturated rings. The SMILES string of the molecule is Clc1ccccc1Nc1nc(NCc2ccco2)cc(-c2ccccc2)n1. The van der Waals surface area contributed by atoms with Gasteiger partial charge in [-0.1, -0.05) is 54.1 Å². The molecule has 0 atom stereocenters. The van der Waals surface area contributed by atoms with Crippen molar-refractivity contribution in [2.45, 2.75) is 6.54 Å². The lowest BCUT2D eigenvalue weighted by molar-refractivity contribution is 0.518. The lowest BCUT2D eigenvalue weighted by atomic mass is 10.1. The van der Waals surface area contributed by atoms with Gasteiger partial charge in [0.2, 0.25) is 5.95 Å². The lowest BCUT2D eigenvalue weighted by Crippen LogP contribution is -2.05. The Kier molecular flexibility index (Phi) is 5.03. The van der Waals surface area contributed by atoms with Gasteiger partial charge in [-0.05, 0) is 24.3 Å². The van der Waals surface area contributed by atoms with E-state index in [1.54, 1.807) is 6.26 Å². The zero-order chi connectivity index (χ0) is 18.5. The quantitative estimate of drug-likeness (QED) is 0.449. The van der Waals surface area contributed by atoms with Crippen LogP contribution in [0.25, 0.3) is 11.3 Å². The zero-order valence-electron chi connectivity index (χ0n) is 14.4. The number of halogens is 1. The van der Waals surface area contributed by atoms with Crippen LogP contribution in [0.3, 0.4) is 0 Å². The van der Waals surface area contributed by atoms with E-state index < -0.39 is 0 Å². The number of para-hydroxylation sites is 1. The minimum absolute atomic E-state index is 0.464. The third-order valence-corrected chi connectivity index (χ3v) is 4.27. The molecule has 0 aliphatic carbocycles. The highest BCUT2D eigenvalue weighted by molar-refractivity contribution is 6.33. The summed E-state index contributed by atoms with van der Waals surface area (Å²) in [6.45, 7) is 0.532. The number of rotatable bonds is 6. The first-order valence-electron chi connectivity index (χ1n) is 8.50. The van der Waals surface area contributed by atoms with Crippen LogP contribution in [-0.4, -0.2) is 9.97 Å². The molecule has 4 rings (SSSR count). The van der Waals surface area contributed by atoms with Crippen molar-refractivity contribution >= 4 is 29.1 Å². The van der Waals surface area contributed by atoms with Crippen molar-refractivity contribution in [1.82, 2.24) is 9.97 Å². The van der Waals surface area contributed by atoms with Gasteiger partial charge in [0.25, 0.3) is 0 Å². The first kappa shape index (κ1) is 17.1. The molecule has 0 aliphatic heterocycles. The number of nitrogens with one attached hydrogen (secondary N) is 2. The molecule has 0 saturated carbocycles. The number of furan rings is 1. The van der Waals surface area contributed by atoms with E-state index in [4.69, 9.17) is 16.0 Å². The molecular formula is C21H17ClN4O. The number of anilines is 3. The maximum atomic E-state index is 6.25. The summed E-state index contributed by atoms with van der Waals surface area (Å²) in [6.07, 6.45) is 1.65. The highest BCUT2D eigenvalue weighted by Crippen LogP contribution is 2.26. The molecule has 4 aromatic rings. The maximum absolute atomic E-state index is 6.25. The van der Waals surface area contributed by atoms with Gasteiger partial charge in [0, 0.05) is 11.6 Å². The van der Waals surface area contributed by atoms with Crippen LogP contribution in [0.2, 0.25) is 5.02 Å². The fraction of sp³-hybridized carbons (Fsp3) is 0.0476. The average molecular weight is 377 g/mol. The van der Waals surface area contributed by atoms with E-state index in [2.05, 4.69) is 20.6 Å². The molecule has 2 N–H and O–H groups in total. The molecule has 0 radical (unpaired) electrons. The fourth-order valence-corrected chi connectivity index (χ4v) is 2.81. The third-order valence-electron chi connectivity index (χ3n) is 3.94. The summed E-state index contributed by atoms with van der Waals surface area (Å²) in [4.78, 5) is 9.20. The molecule has 0 aliphatic rings. The Morgan fingerprint density at radius 2 is 1.70 bits per heavy atom. The molecule has 0 unspecified atom stereocenters. The molecule has 0 amide bonds. The van der Waals surface area contributed by atoms with Crippen LogP contribution in [0.5, 0.6) is 0 Å². The predicted molar refractivity (Wildman–Crippen MR) is 108 cm³/mol. The topological polar surface area (TPSA) is 63.0 Å². The van der Waals surface area contributed by atoms with E-state index in [0.29, 0.717) is 23.3 Å². The molecule has 2 heterocycles. The molecule has 0 spiro atoms. The smallest absolute Gasteiger partial charge is 0.229 e. The van der Waals surface area contributed by atoms with Crippen molar-refractivity contribution < 1.29 is 4.42 Å². The molecule has 134 valence electrons. The second-order valence-electron chi connectivity index (χ2n) is 5.87. The van der Waals surface area contributed by atoms with Crippen molar-refractivity contribution in [1.29, 1.82) is 0 Å². The van der Waals surface area contributed by atoms with Crippen LogP contribution < -0.4 is 10.6 Å². The molecule has 0 saturated heterocycles. The standard InChI is InChI=1S/C21H17ClN4O/c22-17-10-4-5-11-18(17)24-21-25-19(15-7-2-1-3-8-15)13-20(26-21)23-14-16-9-6-12-27-16/h1-13H,14H2,(H2,23,24,25,26). The number of benzene rings is 2. The normalized spacial score (nSPS) is 10.6. The summed E-state index contributed by atoms with van der Waals surface area (Å²) in [5.41, 5.74) is 2.56. The highest BCUT2D eigenvalue weighted by Gasteiger charge is 2.09. The summed E-state index contributed by atoms with van der Waals surface area (Å²) < 4.78 is 5.37. The van der Waals surface area contributed by atoms with E-state index in [9.17, 15) is 0 Å². The molecule has 27 heavy (non-hydrogen) atoms. The summed E-state index contributed by atoms with van der Waals surface area (Å²) in [6, 6.07) is 23.1. The van der Waals surface area contributed by atoms with Gasteiger partial charge in [-0.25, -0.2) is 4.98 Å². The van der Waals surface area contributed by atoms with Crippen LogP contribution in [0.15, 0.2) is 83.5 Å². The Morgan fingerprint density at radius 1 is 0.889 bits per heavy atom. The fourth-order valence-electron chi connectivity index (χ4n) is 2.62. The van der Waals surface area contributed by atoms with Gasteiger partial charge >= 0.3 is 0 Å². The summed E-state index contributed by atoms with van der Waals surface area (Å²) in [5.74, 6) is 1.98. The molecular weight excluding hydrogens is 360 g/mol. The predicted octanol–water partition coefficient (Wildman–Crippen LogP) is 5.75. The highest BCUT2D eigenvalue weighted by atomic mass is 35.5. The van der Waals surface area contributed by atoms with Crippen molar-refractivity contribution in [3.05, 3.63) is 89.8 Å². The maximum Gasteiger partial charge on any atom is 0.229 e. The number of hydrogen-bond donors (Lipinski definition) is 2. The average Bonchev–Trinajstić information content (AvgIpc) is 3.22. The van der Waals surface area contributed by atoms with Gasteiger partial charge in [-0.2, -0.15) is 4.98 Å². The summed E-state index contributed by atoms with van der Waals surface area (Å²) in [7, 11) is 0. The van der Waals surface area contributed by atoms with E-state index in [1.165, 1.54) is 0 Å². The summed E-state index contributed by atoms with van der Waals surface area (Å²) >= 11 is 6.25. The van der Waals surface area contributed by atoms with Gasteiger partial charge in [-0.3, -0.25) is 0 Å². The zero-order valence-corrected chi connectivity index (χ0v) is 15.1. The first-order chi connectivity index (χ1) is 13.3. The van der Waals surface area contributed by atoms with Crippen LogP contribution >= 0.6 is 11.6 Å². The van der Waals surface area contributed by atoms with Crippen molar-refractivity contribution in [3.8, 4) is 11.3 Å². The Bertz CT molecular complexity index is 1020. The minimum Gasteiger partial charge on any atom is -0.467 e. The van der Waals surface area contributed by atoms with E-state index in [-0.39, 0.29) is 0 Å². The van der Waals surface area contributed by atoms with Crippen molar-refractivity contribution in [3.63, 3.8) is 0 Å². The molecule has 6 heteroatoms. The van der Waals surface area contributed by atoms with E-state index in [0.717, 1.165) is 22.7 Å². The van der Waals surface area contributed by atoms with Gasteiger partial charge in [0.05, 0.1) is 29.2 Å². The van der Waals surface area contributed by atoms with Gasteiger partial charge < -0.3 is 15.1 Å². The lowest BCUT2D eigenvalue weighted by Gasteiger charge is -2.12. The molecule has 5 nitrogen and oxygen atoms in total. The van der Waals surface area contributed by atoms with Crippen LogP contribution in [0.4, 0.5) is 17.5 Å². The Labute approximate surface area is 162 Å². The minimum atomic E-state index is 0.464. The monoisotopic (exact) mass is 376 g/mol. The van der Waals surface area contributed by atoms with Crippen LogP contribution in [-0.2, 0) is 6.54 Å². The van der Waals surface area contributed by atoms with Gasteiger partial charge in [0.1, 0.15) is 11.6 Å². The summed E-state index contributed by atoms with van der Waals surface area (Å²) in [5, 5.41) is 7.09. The first-order valence-corrected chi connectivity index (χ1v) is 8.88. The van der Waals surface area contributed by atoms with Crippen molar-refractivity contribution in [2.75, 3.05) is 10.6 Å². The number of aromatic nitrogens is 2. The number of hydrogen-bond acceptors (Lipinski definition) is 5. The number of nitrogens with zero attached hydrogens (tertiary/aromatic N) is 2. The molecule has 2 aromatic carbocycles. The molecule has 0 bridgehead atoms. The van der Waals surface area contributed by atoms with Crippen molar-refractivity contribution in [2.24, 2.45) is 0 Å². The van der Waals surface area contributed by atoms with Crippen LogP contribution in [0.1, 0.15) is 5.76 Å². The second kappa shape index (κ2) is 7.93. The van der Waals surface area contributed by atoms with E-state index in [1.807, 2.05) is 72.8 Å². The van der Waals surface area contributed by atoms with Crippen LogP contribution in [0, 0.1) is 0 Å². The van der Waals surface area contributed by atoms with Gasteiger partial charge in [-0.15, -0.1) is 0 Å². The van der Waals surface area contributed by atoms with E-state index >= 15 is 0 Å². The second-order valence-corrected chi connectivity index (χ2v) is 6.27. The molecule has 2 aromatic heterocycles. The Balaban J connectivity index is 1.66.